The van der Waals surface area contributed by atoms with Crippen LogP contribution in [0.1, 0.15) is 11.3 Å². The van der Waals surface area contributed by atoms with Crippen LogP contribution in [0.4, 0.5) is 4.39 Å². The molecule has 0 bridgehead atoms. The molecule has 0 saturated heterocycles. The van der Waals surface area contributed by atoms with Gasteiger partial charge in [0.25, 0.3) is 0 Å². The Kier molecular flexibility index (Phi) is 2.22. The van der Waals surface area contributed by atoms with Crippen molar-refractivity contribution in [3.63, 3.8) is 0 Å². The van der Waals surface area contributed by atoms with Crippen LogP contribution in [0.5, 0.6) is 0 Å². The lowest BCUT2D eigenvalue weighted by molar-refractivity contribution is 0.583. The molecule has 0 aliphatic carbocycles. The SMILES string of the molecule is Cc1cc(F)ncc1-c1c[nH]c(C#N)c1. The zero-order valence-corrected chi connectivity index (χ0v) is 8.08. The molecule has 0 aliphatic rings. The van der Waals surface area contributed by atoms with Gasteiger partial charge in [0.2, 0.25) is 5.95 Å². The molecule has 2 aromatic rings. The first-order chi connectivity index (χ1) is 7.20. The summed E-state index contributed by atoms with van der Waals surface area (Å²) in [5.41, 5.74) is 2.95. The summed E-state index contributed by atoms with van der Waals surface area (Å²) in [5.74, 6) is -0.493. The third-order valence-electron chi connectivity index (χ3n) is 2.19. The average molecular weight is 201 g/mol. The van der Waals surface area contributed by atoms with Gasteiger partial charge >= 0.3 is 0 Å². The number of nitrogens with one attached hydrogen (secondary N) is 1. The molecular formula is C11H8FN3. The third kappa shape index (κ3) is 1.72. The Morgan fingerprint density at radius 1 is 1.47 bits per heavy atom. The van der Waals surface area contributed by atoms with Gasteiger partial charge in [0.1, 0.15) is 11.8 Å². The van der Waals surface area contributed by atoms with E-state index in [0.717, 1.165) is 16.7 Å². The highest BCUT2D eigenvalue weighted by Crippen LogP contribution is 2.23. The third-order valence-corrected chi connectivity index (χ3v) is 2.19. The normalized spacial score (nSPS) is 9.93. The number of halogens is 1. The van der Waals surface area contributed by atoms with E-state index in [1.54, 1.807) is 19.2 Å². The Morgan fingerprint density at radius 2 is 2.27 bits per heavy atom. The second-order valence-electron chi connectivity index (χ2n) is 3.24. The molecule has 0 radical (unpaired) electrons. The van der Waals surface area contributed by atoms with Gasteiger partial charge in [0.05, 0.1) is 0 Å². The monoisotopic (exact) mass is 201 g/mol. The van der Waals surface area contributed by atoms with E-state index in [9.17, 15) is 4.39 Å². The first kappa shape index (κ1) is 9.41. The lowest BCUT2D eigenvalue weighted by atomic mass is 10.1. The molecule has 1 N–H and O–H groups in total. The van der Waals surface area contributed by atoms with Crippen LogP contribution in [-0.2, 0) is 0 Å². The van der Waals surface area contributed by atoms with E-state index in [0.29, 0.717) is 5.69 Å². The fourth-order valence-electron chi connectivity index (χ4n) is 1.44. The van der Waals surface area contributed by atoms with Crippen molar-refractivity contribution in [2.45, 2.75) is 6.92 Å². The summed E-state index contributed by atoms with van der Waals surface area (Å²) in [7, 11) is 0. The van der Waals surface area contributed by atoms with Gasteiger partial charge in [-0.2, -0.15) is 9.65 Å². The number of nitriles is 1. The predicted octanol–water partition coefficient (Wildman–Crippen LogP) is 2.40. The Balaban J connectivity index is 2.50. The van der Waals surface area contributed by atoms with Crippen molar-refractivity contribution in [3.8, 4) is 17.2 Å². The van der Waals surface area contributed by atoms with E-state index < -0.39 is 5.95 Å². The van der Waals surface area contributed by atoms with Crippen LogP contribution in [0.25, 0.3) is 11.1 Å². The lowest BCUT2D eigenvalue weighted by Crippen LogP contribution is -1.87. The Morgan fingerprint density at radius 3 is 2.87 bits per heavy atom. The molecule has 0 unspecified atom stereocenters. The minimum Gasteiger partial charge on any atom is -0.352 e. The summed E-state index contributed by atoms with van der Waals surface area (Å²) in [5, 5.41) is 8.65. The lowest BCUT2D eigenvalue weighted by Gasteiger charge is -2.01. The molecule has 0 spiro atoms. The molecule has 2 rings (SSSR count). The summed E-state index contributed by atoms with van der Waals surface area (Å²) in [6, 6.07) is 5.08. The molecule has 15 heavy (non-hydrogen) atoms. The van der Waals surface area contributed by atoms with Crippen molar-refractivity contribution in [1.82, 2.24) is 9.97 Å². The van der Waals surface area contributed by atoms with Crippen LogP contribution in [0.2, 0.25) is 0 Å². The maximum atomic E-state index is 12.8. The second kappa shape index (κ2) is 3.54. The van der Waals surface area contributed by atoms with Crippen molar-refractivity contribution in [2.75, 3.05) is 0 Å². The van der Waals surface area contributed by atoms with E-state index in [2.05, 4.69) is 9.97 Å². The highest BCUT2D eigenvalue weighted by molar-refractivity contribution is 5.66. The van der Waals surface area contributed by atoms with E-state index in [-0.39, 0.29) is 0 Å². The van der Waals surface area contributed by atoms with Gasteiger partial charge in [-0.3, -0.25) is 0 Å². The van der Waals surface area contributed by atoms with Crippen molar-refractivity contribution in [1.29, 1.82) is 5.26 Å². The minimum absolute atomic E-state index is 0.480. The van der Waals surface area contributed by atoms with Crippen molar-refractivity contribution in [2.24, 2.45) is 0 Å². The van der Waals surface area contributed by atoms with Crippen LogP contribution in [-0.4, -0.2) is 9.97 Å². The average Bonchev–Trinajstić information content (AvgIpc) is 2.66. The molecule has 2 heterocycles. The number of rotatable bonds is 1. The molecule has 74 valence electrons. The van der Waals surface area contributed by atoms with Gasteiger partial charge < -0.3 is 4.98 Å². The molecule has 0 atom stereocenters. The van der Waals surface area contributed by atoms with Gasteiger partial charge in [-0.15, -0.1) is 0 Å². The standard InChI is InChI=1S/C11H8FN3/c1-7-2-11(12)15-6-10(7)8-3-9(4-13)14-5-8/h2-3,5-6,14H,1H3. The number of aryl methyl sites for hydroxylation is 1. The molecule has 0 aromatic carbocycles. The largest absolute Gasteiger partial charge is 0.352 e. The summed E-state index contributed by atoms with van der Waals surface area (Å²) in [6.45, 7) is 1.80. The zero-order chi connectivity index (χ0) is 10.8. The molecular weight excluding hydrogens is 193 g/mol. The topological polar surface area (TPSA) is 52.5 Å². The summed E-state index contributed by atoms with van der Waals surface area (Å²) >= 11 is 0. The number of H-pyrrole nitrogens is 1. The highest BCUT2D eigenvalue weighted by atomic mass is 19.1. The molecule has 0 fully saturated rings. The maximum Gasteiger partial charge on any atom is 0.213 e. The van der Waals surface area contributed by atoms with E-state index in [4.69, 9.17) is 5.26 Å². The van der Waals surface area contributed by atoms with Crippen molar-refractivity contribution < 1.29 is 4.39 Å². The molecule has 4 heteroatoms. The maximum absolute atomic E-state index is 12.8. The number of nitrogens with zero attached hydrogens (tertiary/aromatic N) is 2. The van der Waals surface area contributed by atoms with Crippen LogP contribution in [0.3, 0.4) is 0 Å². The van der Waals surface area contributed by atoms with Gasteiger partial charge in [0, 0.05) is 23.5 Å². The van der Waals surface area contributed by atoms with Gasteiger partial charge in [-0.05, 0) is 24.6 Å². The van der Waals surface area contributed by atoms with Crippen LogP contribution >= 0.6 is 0 Å². The van der Waals surface area contributed by atoms with E-state index in [1.807, 2.05) is 6.07 Å². The van der Waals surface area contributed by atoms with Crippen molar-refractivity contribution >= 4 is 0 Å². The number of pyridine rings is 1. The van der Waals surface area contributed by atoms with Gasteiger partial charge in [0.15, 0.2) is 0 Å². The first-order valence-electron chi connectivity index (χ1n) is 4.42. The van der Waals surface area contributed by atoms with E-state index in [1.165, 1.54) is 12.3 Å². The van der Waals surface area contributed by atoms with Crippen LogP contribution < -0.4 is 0 Å². The van der Waals surface area contributed by atoms with Crippen LogP contribution in [0, 0.1) is 24.2 Å². The number of aromatic amines is 1. The molecule has 0 amide bonds. The summed E-state index contributed by atoms with van der Waals surface area (Å²) < 4.78 is 12.8. The highest BCUT2D eigenvalue weighted by Gasteiger charge is 2.06. The van der Waals surface area contributed by atoms with Gasteiger partial charge in [-0.25, -0.2) is 4.98 Å². The predicted molar refractivity (Wildman–Crippen MR) is 53.4 cm³/mol. The first-order valence-corrected chi connectivity index (χ1v) is 4.42. The molecule has 0 aliphatic heterocycles. The molecule has 2 aromatic heterocycles. The number of hydrogen-bond acceptors (Lipinski definition) is 2. The smallest absolute Gasteiger partial charge is 0.213 e. The summed E-state index contributed by atoms with van der Waals surface area (Å²) in [4.78, 5) is 6.40. The van der Waals surface area contributed by atoms with Crippen LogP contribution in [0.15, 0.2) is 24.5 Å². The zero-order valence-electron chi connectivity index (χ0n) is 8.08. The number of aromatic nitrogens is 2. The minimum atomic E-state index is -0.493. The fraction of sp³-hybridized carbons (Fsp3) is 0.0909. The Hall–Kier alpha value is -2.15. The fourth-order valence-corrected chi connectivity index (χ4v) is 1.44. The Bertz CT molecular complexity index is 537. The quantitative estimate of drug-likeness (QED) is 0.720. The van der Waals surface area contributed by atoms with Crippen molar-refractivity contribution in [3.05, 3.63) is 41.7 Å². The molecule has 3 nitrogen and oxygen atoms in total. The van der Waals surface area contributed by atoms with E-state index >= 15 is 0 Å². The Labute approximate surface area is 86.2 Å². The summed E-state index contributed by atoms with van der Waals surface area (Å²) in [6.07, 6.45) is 3.18. The number of hydrogen-bond donors (Lipinski definition) is 1. The molecule has 0 saturated carbocycles. The van der Waals surface area contributed by atoms with Gasteiger partial charge in [-0.1, -0.05) is 0 Å². The second-order valence-corrected chi connectivity index (χ2v) is 3.24.